The third kappa shape index (κ3) is 2.12. The first-order valence-corrected chi connectivity index (χ1v) is 6.64. The number of halogens is 1. The summed E-state index contributed by atoms with van der Waals surface area (Å²) in [4.78, 5) is 4.66. The molecule has 0 N–H and O–H groups in total. The van der Waals surface area contributed by atoms with Gasteiger partial charge in [-0.05, 0) is 48.0 Å². The molecule has 1 unspecified atom stereocenters. The van der Waals surface area contributed by atoms with Gasteiger partial charge >= 0.3 is 0 Å². The van der Waals surface area contributed by atoms with Crippen LogP contribution in [0.5, 0.6) is 0 Å². The highest BCUT2D eigenvalue weighted by atomic mass is 79.9. The van der Waals surface area contributed by atoms with Crippen LogP contribution in [0.3, 0.4) is 0 Å². The molecule has 0 bridgehead atoms. The van der Waals surface area contributed by atoms with E-state index in [-0.39, 0.29) is 0 Å². The molecule has 2 heterocycles. The van der Waals surface area contributed by atoms with Gasteiger partial charge in [0.15, 0.2) is 0 Å². The van der Waals surface area contributed by atoms with Crippen LogP contribution in [0.2, 0.25) is 0 Å². The number of hydrogen-bond donors (Lipinski definition) is 0. The van der Waals surface area contributed by atoms with E-state index in [1.54, 1.807) is 0 Å². The summed E-state index contributed by atoms with van der Waals surface area (Å²) in [6, 6.07) is 0.626. The molecule has 0 saturated heterocycles. The highest BCUT2D eigenvalue weighted by Gasteiger charge is 2.23. The Morgan fingerprint density at radius 1 is 1.53 bits per heavy atom. The number of imidazole rings is 1. The van der Waals surface area contributed by atoms with E-state index < -0.39 is 0 Å². The molecule has 0 aromatic carbocycles. The van der Waals surface area contributed by atoms with Crippen LogP contribution in [0.25, 0.3) is 0 Å². The maximum Gasteiger partial charge on any atom is 0.127 e. The molecule has 1 aliphatic rings. The van der Waals surface area contributed by atoms with Crippen molar-refractivity contribution >= 4 is 15.9 Å². The second-order valence-electron chi connectivity index (χ2n) is 4.97. The van der Waals surface area contributed by atoms with E-state index in [4.69, 9.17) is 0 Å². The van der Waals surface area contributed by atoms with Crippen molar-refractivity contribution in [1.82, 2.24) is 9.55 Å². The van der Waals surface area contributed by atoms with E-state index in [1.807, 2.05) is 0 Å². The maximum atomic E-state index is 4.66. The summed E-state index contributed by atoms with van der Waals surface area (Å²) in [6.45, 7) is 6.81. The molecule has 1 aromatic heterocycles. The molecule has 1 aromatic rings. The zero-order chi connectivity index (χ0) is 11.0. The highest BCUT2D eigenvalue weighted by molar-refractivity contribution is 9.10. The smallest absolute Gasteiger partial charge is 0.127 e. The van der Waals surface area contributed by atoms with Gasteiger partial charge in [-0.3, -0.25) is 0 Å². The first-order valence-electron chi connectivity index (χ1n) is 5.85. The quantitative estimate of drug-likeness (QED) is 0.801. The van der Waals surface area contributed by atoms with E-state index >= 15 is 0 Å². The molecular weight excluding hydrogens is 252 g/mol. The van der Waals surface area contributed by atoms with Gasteiger partial charge in [-0.25, -0.2) is 4.98 Å². The zero-order valence-corrected chi connectivity index (χ0v) is 11.3. The Morgan fingerprint density at radius 3 is 2.93 bits per heavy atom. The first-order chi connectivity index (χ1) is 7.09. The van der Waals surface area contributed by atoms with Crippen LogP contribution in [0, 0.1) is 5.92 Å². The summed E-state index contributed by atoms with van der Waals surface area (Å²) in [5.41, 5.74) is 1.41. The van der Waals surface area contributed by atoms with Gasteiger partial charge in [0.25, 0.3) is 0 Å². The van der Waals surface area contributed by atoms with Crippen molar-refractivity contribution in [1.29, 1.82) is 0 Å². The van der Waals surface area contributed by atoms with E-state index in [0.717, 1.165) is 11.0 Å². The van der Waals surface area contributed by atoms with Crippen LogP contribution in [0.1, 0.15) is 51.2 Å². The molecule has 0 fully saturated rings. The zero-order valence-electron chi connectivity index (χ0n) is 9.76. The Labute approximate surface area is 100 Å². The standard InChI is InChI=1S/C12H19BrN2/c1-8(2)7-11-14-12(13)10-6-4-5-9(3)15(10)11/h8-9H,4-7H2,1-3H3. The summed E-state index contributed by atoms with van der Waals surface area (Å²) in [6.07, 6.45) is 4.85. The van der Waals surface area contributed by atoms with Crippen molar-refractivity contribution in [3.8, 4) is 0 Å². The summed E-state index contributed by atoms with van der Waals surface area (Å²) >= 11 is 3.59. The van der Waals surface area contributed by atoms with Crippen molar-refractivity contribution in [2.24, 2.45) is 5.92 Å². The molecule has 2 rings (SSSR count). The number of nitrogens with zero attached hydrogens (tertiary/aromatic N) is 2. The molecule has 0 saturated carbocycles. The molecule has 0 aliphatic carbocycles. The summed E-state index contributed by atoms with van der Waals surface area (Å²) in [7, 11) is 0. The van der Waals surface area contributed by atoms with Crippen LogP contribution in [0.15, 0.2) is 4.60 Å². The Balaban J connectivity index is 2.39. The fourth-order valence-corrected chi connectivity index (χ4v) is 3.03. The van der Waals surface area contributed by atoms with Gasteiger partial charge in [-0.2, -0.15) is 0 Å². The van der Waals surface area contributed by atoms with Gasteiger partial charge < -0.3 is 4.57 Å². The molecule has 15 heavy (non-hydrogen) atoms. The molecule has 1 atom stereocenters. The van der Waals surface area contributed by atoms with Crippen molar-refractivity contribution in [2.75, 3.05) is 0 Å². The minimum absolute atomic E-state index is 0.626. The molecule has 1 aliphatic heterocycles. The Kier molecular flexibility index (Phi) is 3.19. The van der Waals surface area contributed by atoms with Crippen molar-refractivity contribution < 1.29 is 0 Å². The fourth-order valence-electron chi connectivity index (χ4n) is 2.43. The maximum absolute atomic E-state index is 4.66. The van der Waals surface area contributed by atoms with Gasteiger partial charge in [0.1, 0.15) is 10.4 Å². The monoisotopic (exact) mass is 270 g/mol. The normalized spacial score (nSPS) is 20.7. The molecule has 0 spiro atoms. The van der Waals surface area contributed by atoms with Crippen LogP contribution in [-0.4, -0.2) is 9.55 Å². The van der Waals surface area contributed by atoms with Crippen molar-refractivity contribution in [3.63, 3.8) is 0 Å². The number of rotatable bonds is 2. The molecule has 0 amide bonds. The Bertz CT molecular complexity index is 355. The van der Waals surface area contributed by atoms with Crippen LogP contribution in [0.4, 0.5) is 0 Å². The minimum atomic E-state index is 0.626. The largest absolute Gasteiger partial charge is 0.328 e. The second kappa shape index (κ2) is 4.28. The van der Waals surface area contributed by atoms with E-state index in [0.29, 0.717) is 12.0 Å². The third-order valence-electron chi connectivity index (χ3n) is 3.10. The molecule has 2 nitrogen and oxygen atoms in total. The lowest BCUT2D eigenvalue weighted by atomic mass is 10.0. The lowest BCUT2D eigenvalue weighted by Crippen LogP contribution is -2.18. The Morgan fingerprint density at radius 2 is 2.27 bits per heavy atom. The topological polar surface area (TPSA) is 17.8 Å². The molecular formula is C12H19BrN2. The van der Waals surface area contributed by atoms with Gasteiger partial charge in [0, 0.05) is 12.5 Å². The summed E-state index contributed by atoms with van der Waals surface area (Å²) in [5, 5.41) is 0. The number of aromatic nitrogens is 2. The van der Waals surface area contributed by atoms with Gasteiger partial charge in [0.05, 0.1) is 5.69 Å². The van der Waals surface area contributed by atoms with E-state index in [9.17, 15) is 0 Å². The lowest BCUT2D eigenvalue weighted by Gasteiger charge is -2.24. The molecule has 0 radical (unpaired) electrons. The van der Waals surface area contributed by atoms with Crippen LogP contribution < -0.4 is 0 Å². The number of hydrogen-bond acceptors (Lipinski definition) is 1. The molecule has 3 heteroatoms. The van der Waals surface area contributed by atoms with Crippen molar-refractivity contribution in [2.45, 2.75) is 52.5 Å². The SMILES string of the molecule is CC(C)Cc1nc(Br)c2n1C(C)CCC2. The minimum Gasteiger partial charge on any atom is -0.328 e. The summed E-state index contributed by atoms with van der Waals surface area (Å²) < 4.78 is 3.53. The molecule has 84 valence electrons. The lowest BCUT2D eigenvalue weighted by molar-refractivity contribution is 0.410. The average molecular weight is 271 g/mol. The number of fused-ring (bicyclic) bond motifs is 1. The fraction of sp³-hybridized carbons (Fsp3) is 0.750. The summed E-state index contributed by atoms with van der Waals surface area (Å²) in [5.74, 6) is 1.94. The van der Waals surface area contributed by atoms with Gasteiger partial charge in [0.2, 0.25) is 0 Å². The van der Waals surface area contributed by atoms with Crippen molar-refractivity contribution in [3.05, 3.63) is 16.1 Å². The van der Waals surface area contributed by atoms with Gasteiger partial charge in [-0.15, -0.1) is 0 Å². The average Bonchev–Trinajstić information content (AvgIpc) is 2.44. The Hall–Kier alpha value is -0.310. The van der Waals surface area contributed by atoms with Crippen LogP contribution in [-0.2, 0) is 12.8 Å². The second-order valence-corrected chi connectivity index (χ2v) is 5.73. The first kappa shape index (κ1) is 11.2. The highest BCUT2D eigenvalue weighted by Crippen LogP contribution is 2.31. The third-order valence-corrected chi connectivity index (χ3v) is 3.74. The van der Waals surface area contributed by atoms with E-state index in [1.165, 1.54) is 30.8 Å². The predicted octanol–water partition coefficient (Wildman–Crippen LogP) is 3.74. The van der Waals surface area contributed by atoms with Crippen LogP contribution >= 0.6 is 15.9 Å². The predicted molar refractivity (Wildman–Crippen MR) is 66.1 cm³/mol. The van der Waals surface area contributed by atoms with E-state index in [2.05, 4.69) is 46.3 Å². The van der Waals surface area contributed by atoms with Gasteiger partial charge in [-0.1, -0.05) is 13.8 Å².